The Bertz CT molecular complexity index is 242. The SMILES string of the molecule is CCOC1CCC(S(=O)(=O)Cl)CC1. The Morgan fingerprint density at radius 2 is 1.85 bits per heavy atom. The molecule has 0 amide bonds. The van der Waals surface area contributed by atoms with Crippen LogP contribution in [-0.4, -0.2) is 26.4 Å². The summed E-state index contributed by atoms with van der Waals surface area (Å²) in [4.78, 5) is 0. The molecule has 0 atom stereocenters. The fourth-order valence-corrected chi connectivity index (χ4v) is 3.09. The van der Waals surface area contributed by atoms with Crippen LogP contribution in [0.15, 0.2) is 0 Å². The van der Waals surface area contributed by atoms with Gasteiger partial charge in [-0.05, 0) is 32.6 Å². The molecule has 0 aromatic rings. The van der Waals surface area contributed by atoms with Gasteiger partial charge in [0.1, 0.15) is 0 Å². The van der Waals surface area contributed by atoms with Gasteiger partial charge in [0.05, 0.1) is 11.4 Å². The third-order valence-corrected chi connectivity index (χ3v) is 4.45. The molecule has 1 fully saturated rings. The molecular formula is C8H15ClO3S. The van der Waals surface area contributed by atoms with E-state index in [2.05, 4.69) is 0 Å². The summed E-state index contributed by atoms with van der Waals surface area (Å²) in [7, 11) is 1.92. The van der Waals surface area contributed by atoms with Gasteiger partial charge in [0.2, 0.25) is 9.05 Å². The van der Waals surface area contributed by atoms with Crippen molar-refractivity contribution in [3.63, 3.8) is 0 Å². The summed E-state index contributed by atoms with van der Waals surface area (Å²) < 4.78 is 27.4. The van der Waals surface area contributed by atoms with Crippen molar-refractivity contribution in [2.45, 2.75) is 44.0 Å². The summed E-state index contributed by atoms with van der Waals surface area (Å²) in [6.07, 6.45) is 3.13. The smallest absolute Gasteiger partial charge is 0.235 e. The number of ether oxygens (including phenoxy) is 1. The Morgan fingerprint density at radius 1 is 1.31 bits per heavy atom. The summed E-state index contributed by atoms with van der Waals surface area (Å²) >= 11 is 0. The van der Waals surface area contributed by atoms with Crippen molar-refractivity contribution in [3.05, 3.63) is 0 Å². The van der Waals surface area contributed by atoms with E-state index in [-0.39, 0.29) is 11.4 Å². The van der Waals surface area contributed by atoms with Crippen LogP contribution in [0.5, 0.6) is 0 Å². The summed E-state index contributed by atoms with van der Waals surface area (Å²) in [6.45, 7) is 2.65. The first-order chi connectivity index (χ1) is 6.04. The van der Waals surface area contributed by atoms with Gasteiger partial charge in [0.15, 0.2) is 0 Å². The second kappa shape index (κ2) is 4.62. The zero-order valence-electron chi connectivity index (χ0n) is 7.70. The monoisotopic (exact) mass is 226 g/mol. The third-order valence-electron chi connectivity index (χ3n) is 2.42. The van der Waals surface area contributed by atoms with Crippen LogP contribution in [0, 0.1) is 0 Å². The van der Waals surface area contributed by atoms with E-state index in [1.165, 1.54) is 0 Å². The molecule has 1 aliphatic rings. The Hall–Kier alpha value is 0.200. The molecule has 1 saturated carbocycles. The van der Waals surface area contributed by atoms with Crippen LogP contribution >= 0.6 is 10.7 Å². The highest BCUT2D eigenvalue weighted by molar-refractivity contribution is 8.14. The van der Waals surface area contributed by atoms with E-state index >= 15 is 0 Å². The largest absolute Gasteiger partial charge is 0.379 e. The van der Waals surface area contributed by atoms with Gasteiger partial charge in [-0.3, -0.25) is 0 Å². The molecule has 13 heavy (non-hydrogen) atoms. The highest BCUT2D eigenvalue weighted by Gasteiger charge is 2.29. The van der Waals surface area contributed by atoms with Crippen molar-refractivity contribution in [2.75, 3.05) is 6.61 Å². The Kier molecular flexibility index (Phi) is 4.01. The highest BCUT2D eigenvalue weighted by atomic mass is 35.7. The first-order valence-electron chi connectivity index (χ1n) is 4.59. The second-order valence-corrected chi connectivity index (χ2v) is 6.24. The van der Waals surface area contributed by atoms with Crippen molar-refractivity contribution < 1.29 is 13.2 Å². The number of rotatable bonds is 3. The molecule has 0 heterocycles. The highest BCUT2D eigenvalue weighted by Crippen LogP contribution is 2.27. The standard InChI is InChI=1S/C8H15ClO3S/c1-2-12-7-3-5-8(6-4-7)13(9,10)11/h7-8H,2-6H2,1H3. The molecule has 0 N–H and O–H groups in total. The minimum atomic E-state index is -3.35. The summed E-state index contributed by atoms with van der Waals surface area (Å²) in [5.74, 6) is 0. The van der Waals surface area contributed by atoms with Crippen molar-refractivity contribution >= 4 is 19.7 Å². The summed E-state index contributed by atoms with van der Waals surface area (Å²) in [5.41, 5.74) is 0. The lowest BCUT2D eigenvalue weighted by atomic mass is 9.97. The van der Waals surface area contributed by atoms with Crippen LogP contribution in [0.4, 0.5) is 0 Å². The second-order valence-electron chi connectivity index (χ2n) is 3.33. The lowest BCUT2D eigenvalue weighted by Crippen LogP contribution is -2.28. The van der Waals surface area contributed by atoms with Crippen molar-refractivity contribution in [1.82, 2.24) is 0 Å². The molecule has 5 heteroatoms. The average molecular weight is 227 g/mol. The molecule has 0 saturated heterocycles. The van der Waals surface area contributed by atoms with Gasteiger partial charge in [-0.1, -0.05) is 0 Å². The maximum absolute atomic E-state index is 11.0. The molecule has 0 radical (unpaired) electrons. The minimum Gasteiger partial charge on any atom is -0.379 e. The van der Waals surface area contributed by atoms with Gasteiger partial charge < -0.3 is 4.74 Å². The fourth-order valence-electron chi connectivity index (χ4n) is 1.72. The molecule has 0 aromatic carbocycles. The lowest BCUT2D eigenvalue weighted by molar-refractivity contribution is 0.0376. The first kappa shape index (κ1) is 11.3. The van der Waals surface area contributed by atoms with Gasteiger partial charge in [0.25, 0.3) is 0 Å². The lowest BCUT2D eigenvalue weighted by Gasteiger charge is -2.26. The van der Waals surface area contributed by atoms with E-state index in [1.54, 1.807) is 0 Å². The predicted molar refractivity (Wildman–Crippen MR) is 52.4 cm³/mol. The maximum atomic E-state index is 11.0. The topological polar surface area (TPSA) is 43.4 Å². The molecule has 0 spiro atoms. The average Bonchev–Trinajstić information content (AvgIpc) is 2.04. The number of hydrogen-bond donors (Lipinski definition) is 0. The Balaban J connectivity index is 2.39. The molecule has 1 aliphatic carbocycles. The molecule has 0 aliphatic heterocycles. The van der Waals surface area contributed by atoms with Gasteiger partial charge in [0, 0.05) is 17.3 Å². The quantitative estimate of drug-likeness (QED) is 0.691. The molecule has 0 bridgehead atoms. The zero-order chi connectivity index (χ0) is 9.90. The Labute approximate surface area is 83.8 Å². The van der Waals surface area contributed by atoms with E-state index in [0.717, 1.165) is 12.8 Å². The van der Waals surface area contributed by atoms with Crippen molar-refractivity contribution in [2.24, 2.45) is 0 Å². The molecule has 3 nitrogen and oxygen atoms in total. The summed E-state index contributed by atoms with van der Waals surface area (Å²) in [5, 5.41) is -0.356. The van der Waals surface area contributed by atoms with E-state index in [4.69, 9.17) is 15.4 Å². The normalized spacial score (nSPS) is 30.3. The molecule has 0 unspecified atom stereocenters. The van der Waals surface area contributed by atoms with Crippen LogP contribution in [0.3, 0.4) is 0 Å². The fraction of sp³-hybridized carbons (Fsp3) is 1.00. The molecule has 78 valence electrons. The van der Waals surface area contributed by atoms with Crippen LogP contribution in [0.1, 0.15) is 32.6 Å². The molecule has 1 rings (SSSR count). The van der Waals surface area contributed by atoms with Crippen LogP contribution in [0.2, 0.25) is 0 Å². The maximum Gasteiger partial charge on any atom is 0.235 e. The van der Waals surface area contributed by atoms with E-state index < -0.39 is 9.05 Å². The predicted octanol–water partition coefficient (Wildman–Crippen LogP) is 1.90. The van der Waals surface area contributed by atoms with Gasteiger partial charge in [-0.25, -0.2) is 8.42 Å². The number of hydrogen-bond acceptors (Lipinski definition) is 3. The van der Waals surface area contributed by atoms with Gasteiger partial charge in [-0.2, -0.15) is 0 Å². The van der Waals surface area contributed by atoms with Gasteiger partial charge >= 0.3 is 0 Å². The van der Waals surface area contributed by atoms with Crippen LogP contribution in [-0.2, 0) is 13.8 Å². The van der Waals surface area contributed by atoms with Crippen LogP contribution in [0.25, 0.3) is 0 Å². The molecule has 0 aromatic heterocycles. The van der Waals surface area contributed by atoms with Crippen molar-refractivity contribution in [1.29, 1.82) is 0 Å². The summed E-state index contributed by atoms with van der Waals surface area (Å²) in [6, 6.07) is 0. The van der Waals surface area contributed by atoms with Gasteiger partial charge in [-0.15, -0.1) is 0 Å². The van der Waals surface area contributed by atoms with Crippen molar-refractivity contribution in [3.8, 4) is 0 Å². The van der Waals surface area contributed by atoms with Crippen LogP contribution < -0.4 is 0 Å². The van der Waals surface area contributed by atoms with E-state index in [0.29, 0.717) is 19.4 Å². The minimum absolute atomic E-state index is 0.236. The third kappa shape index (κ3) is 3.44. The first-order valence-corrected chi connectivity index (χ1v) is 6.96. The number of halogens is 1. The van der Waals surface area contributed by atoms with E-state index in [1.807, 2.05) is 6.92 Å². The zero-order valence-corrected chi connectivity index (χ0v) is 9.27. The van der Waals surface area contributed by atoms with E-state index in [9.17, 15) is 8.42 Å². The molecular weight excluding hydrogens is 212 g/mol. The Morgan fingerprint density at radius 3 is 2.23 bits per heavy atom.